The number of likely N-dealkylation sites (tertiary alicyclic amines) is 1. The molecule has 1 aromatic heterocycles. The summed E-state index contributed by atoms with van der Waals surface area (Å²) in [4.78, 5) is 14.6. The highest BCUT2D eigenvalue weighted by Crippen LogP contribution is 2.49. The number of halogens is 3. The zero-order chi connectivity index (χ0) is 22.5. The molecule has 2 aliphatic rings. The molecule has 0 N–H and O–H groups in total. The number of benzene rings is 2. The number of ether oxygens (including phenoxy) is 2. The largest absolute Gasteiger partial charge is 0.573 e. The number of aromatic nitrogens is 2. The average molecular weight is 443 g/mol. The topological polar surface area (TPSA) is 56.6 Å². The van der Waals surface area contributed by atoms with Crippen molar-refractivity contribution in [2.75, 3.05) is 13.1 Å². The molecule has 2 aromatic carbocycles. The number of carbonyl (C=O) groups excluding carboxylic acids is 1. The first-order valence-electron chi connectivity index (χ1n) is 10.2. The average Bonchev–Trinajstić information content (AvgIpc) is 3.16. The lowest BCUT2D eigenvalue weighted by molar-refractivity contribution is -0.274. The first-order valence-corrected chi connectivity index (χ1v) is 10.2. The highest BCUT2D eigenvalue weighted by molar-refractivity contribution is 5.94. The summed E-state index contributed by atoms with van der Waals surface area (Å²) < 4.78 is 49.8. The Balaban J connectivity index is 1.37. The van der Waals surface area contributed by atoms with Gasteiger partial charge in [0.1, 0.15) is 17.1 Å². The van der Waals surface area contributed by atoms with Crippen LogP contribution < -0.4 is 9.47 Å². The van der Waals surface area contributed by atoms with E-state index in [0.717, 1.165) is 28.6 Å². The summed E-state index contributed by atoms with van der Waals surface area (Å²) >= 11 is 0. The van der Waals surface area contributed by atoms with Gasteiger partial charge in [-0.2, -0.15) is 5.10 Å². The van der Waals surface area contributed by atoms with Crippen molar-refractivity contribution in [2.24, 2.45) is 7.05 Å². The first kappa shape index (κ1) is 20.4. The summed E-state index contributed by atoms with van der Waals surface area (Å²) in [6.07, 6.45) is -1.90. The van der Waals surface area contributed by atoms with Gasteiger partial charge in [-0.3, -0.25) is 9.48 Å². The summed E-state index contributed by atoms with van der Waals surface area (Å²) in [6.45, 7) is 0.805. The van der Waals surface area contributed by atoms with Crippen molar-refractivity contribution in [3.05, 3.63) is 65.9 Å². The number of amides is 1. The molecule has 0 saturated carbocycles. The minimum absolute atomic E-state index is 0.152. The predicted octanol–water partition coefficient (Wildman–Crippen LogP) is 4.51. The molecule has 3 heterocycles. The van der Waals surface area contributed by atoms with Crippen LogP contribution in [-0.4, -0.2) is 40.0 Å². The van der Waals surface area contributed by atoms with Gasteiger partial charge in [0.15, 0.2) is 0 Å². The second kappa shape index (κ2) is 7.29. The van der Waals surface area contributed by atoms with Crippen molar-refractivity contribution in [2.45, 2.75) is 24.8 Å². The minimum atomic E-state index is -4.81. The van der Waals surface area contributed by atoms with E-state index in [1.54, 1.807) is 4.90 Å². The molecule has 1 saturated heterocycles. The van der Waals surface area contributed by atoms with E-state index in [0.29, 0.717) is 25.9 Å². The fourth-order valence-corrected chi connectivity index (χ4v) is 4.56. The van der Waals surface area contributed by atoms with Gasteiger partial charge in [0.05, 0.1) is 11.9 Å². The predicted molar refractivity (Wildman–Crippen MR) is 109 cm³/mol. The molecule has 1 spiro atoms. The van der Waals surface area contributed by atoms with Crippen LogP contribution in [0.3, 0.4) is 0 Å². The lowest BCUT2D eigenvalue weighted by Crippen LogP contribution is -2.49. The van der Waals surface area contributed by atoms with Crippen LogP contribution in [0.2, 0.25) is 0 Å². The van der Waals surface area contributed by atoms with Gasteiger partial charge in [0.2, 0.25) is 0 Å². The number of hydrogen-bond donors (Lipinski definition) is 0. The molecule has 0 atom stereocenters. The summed E-state index contributed by atoms with van der Waals surface area (Å²) in [5.41, 5.74) is 2.53. The van der Waals surface area contributed by atoms with Gasteiger partial charge in [0, 0.05) is 49.7 Å². The number of carbonyl (C=O) groups is 1. The van der Waals surface area contributed by atoms with Gasteiger partial charge in [0.25, 0.3) is 5.91 Å². The molecule has 1 fully saturated rings. The number of hydrogen-bond acceptors (Lipinski definition) is 4. The van der Waals surface area contributed by atoms with Gasteiger partial charge in [-0.1, -0.05) is 18.2 Å². The Labute approximate surface area is 182 Å². The maximum atomic E-state index is 13.0. The van der Waals surface area contributed by atoms with E-state index in [-0.39, 0.29) is 11.5 Å². The van der Waals surface area contributed by atoms with Crippen LogP contribution in [0.15, 0.2) is 54.7 Å². The maximum absolute atomic E-state index is 13.0. The van der Waals surface area contributed by atoms with Crippen LogP contribution in [0.1, 0.15) is 28.8 Å². The monoisotopic (exact) mass is 443 g/mol. The number of aryl methyl sites for hydroxylation is 1. The normalized spacial score (nSPS) is 16.8. The minimum Gasteiger partial charge on any atom is -0.482 e. The zero-order valence-electron chi connectivity index (χ0n) is 17.2. The van der Waals surface area contributed by atoms with Crippen LogP contribution in [0.4, 0.5) is 13.2 Å². The number of alkyl halides is 3. The van der Waals surface area contributed by atoms with Gasteiger partial charge in [-0.05, 0) is 30.3 Å². The van der Waals surface area contributed by atoms with Gasteiger partial charge in [-0.25, -0.2) is 0 Å². The van der Waals surface area contributed by atoms with Crippen molar-refractivity contribution in [3.63, 3.8) is 0 Å². The smallest absolute Gasteiger partial charge is 0.482 e. The van der Waals surface area contributed by atoms with Gasteiger partial charge in [-0.15, -0.1) is 13.2 Å². The molecule has 0 aliphatic carbocycles. The Hall–Kier alpha value is -3.49. The van der Waals surface area contributed by atoms with E-state index >= 15 is 0 Å². The Morgan fingerprint density at radius 2 is 1.88 bits per heavy atom. The van der Waals surface area contributed by atoms with Crippen molar-refractivity contribution >= 4 is 5.91 Å². The standard InChI is InChI=1S/C23H20F3N3O3/c1-28-20-17-7-2-3-8-19(17)32-22(18(20)14-27-28)9-11-29(12-10-22)21(30)15-5-4-6-16(13-15)31-23(24,25)26/h2-8,13-14H,9-12H2,1H3. The Morgan fingerprint density at radius 1 is 1.12 bits per heavy atom. The molecular formula is C23H20F3N3O3. The SMILES string of the molecule is Cn1ncc2c1-c1ccccc1OC21CCN(C(=O)c2cccc(OC(F)(F)F)c2)CC1. The molecule has 2 aliphatic heterocycles. The van der Waals surface area contributed by atoms with E-state index < -0.39 is 17.7 Å². The van der Waals surface area contributed by atoms with Crippen LogP contribution >= 0.6 is 0 Å². The second-order valence-electron chi connectivity index (χ2n) is 7.99. The van der Waals surface area contributed by atoms with Crippen molar-refractivity contribution < 1.29 is 27.4 Å². The lowest BCUT2D eigenvalue weighted by atomic mass is 9.81. The fraction of sp³-hybridized carbons (Fsp3) is 0.304. The molecule has 1 amide bonds. The molecule has 3 aromatic rings. The molecule has 0 unspecified atom stereocenters. The summed E-state index contributed by atoms with van der Waals surface area (Å²) in [5, 5.41) is 4.44. The molecule has 32 heavy (non-hydrogen) atoms. The van der Waals surface area contributed by atoms with E-state index in [1.165, 1.54) is 18.2 Å². The molecule has 0 radical (unpaired) electrons. The number of nitrogens with zero attached hydrogens (tertiary/aromatic N) is 3. The second-order valence-corrected chi connectivity index (χ2v) is 7.99. The van der Waals surface area contributed by atoms with Crippen molar-refractivity contribution in [1.29, 1.82) is 0 Å². The van der Waals surface area contributed by atoms with E-state index in [4.69, 9.17) is 4.74 Å². The molecular weight excluding hydrogens is 423 g/mol. The van der Waals surface area contributed by atoms with Crippen LogP contribution in [0, 0.1) is 0 Å². The number of fused-ring (bicyclic) bond motifs is 4. The highest BCUT2D eigenvalue weighted by atomic mass is 19.4. The first-order chi connectivity index (χ1) is 15.3. The fourth-order valence-electron chi connectivity index (χ4n) is 4.56. The third-order valence-corrected chi connectivity index (χ3v) is 6.05. The number of para-hydroxylation sites is 1. The lowest BCUT2D eigenvalue weighted by Gasteiger charge is -2.44. The van der Waals surface area contributed by atoms with Crippen LogP contribution in [0.25, 0.3) is 11.3 Å². The Bertz CT molecular complexity index is 1180. The van der Waals surface area contributed by atoms with Crippen molar-refractivity contribution in [3.8, 4) is 22.8 Å². The molecule has 6 nitrogen and oxygen atoms in total. The molecule has 166 valence electrons. The zero-order valence-corrected chi connectivity index (χ0v) is 17.2. The van der Waals surface area contributed by atoms with Crippen LogP contribution in [-0.2, 0) is 12.6 Å². The van der Waals surface area contributed by atoms with E-state index in [1.807, 2.05) is 42.2 Å². The molecule has 0 bridgehead atoms. The van der Waals surface area contributed by atoms with Gasteiger partial charge < -0.3 is 14.4 Å². The summed E-state index contributed by atoms with van der Waals surface area (Å²) in [7, 11) is 1.89. The van der Waals surface area contributed by atoms with Gasteiger partial charge >= 0.3 is 6.36 Å². The Kier molecular flexibility index (Phi) is 4.65. The highest BCUT2D eigenvalue weighted by Gasteiger charge is 2.46. The maximum Gasteiger partial charge on any atom is 0.573 e. The molecule has 5 rings (SSSR count). The Morgan fingerprint density at radius 3 is 2.62 bits per heavy atom. The number of rotatable bonds is 2. The summed E-state index contributed by atoms with van der Waals surface area (Å²) in [6, 6.07) is 13.0. The van der Waals surface area contributed by atoms with Crippen LogP contribution in [0.5, 0.6) is 11.5 Å². The number of piperidine rings is 1. The third-order valence-electron chi connectivity index (χ3n) is 6.05. The molecule has 9 heteroatoms. The quantitative estimate of drug-likeness (QED) is 0.585. The van der Waals surface area contributed by atoms with E-state index in [9.17, 15) is 18.0 Å². The van der Waals surface area contributed by atoms with E-state index in [2.05, 4.69) is 9.84 Å². The van der Waals surface area contributed by atoms with Crippen molar-refractivity contribution in [1.82, 2.24) is 14.7 Å². The third kappa shape index (κ3) is 3.47. The summed E-state index contributed by atoms with van der Waals surface area (Å²) in [5.74, 6) is 0.0273.